The second-order valence-corrected chi connectivity index (χ2v) is 7.83. The van der Waals surface area contributed by atoms with E-state index >= 15 is 0 Å². The molecule has 7 heteroatoms. The van der Waals surface area contributed by atoms with Crippen LogP contribution in [0.5, 0.6) is 0 Å². The first-order valence-electron chi connectivity index (χ1n) is 10.2. The smallest absolute Gasteiger partial charge is 0.256 e. The Labute approximate surface area is 176 Å². The molecular formula is C23H24N6O. The molecule has 1 saturated heterocycles. The Kier molecular flexibility index (Phi) is 5.57. The quantitative estimate of drug-likeness (QED) is 0.670. The summed E-state index contributed by atoms with van der Waals surface area (Å²) in [6.07, 6.45) is 7.64. The van der Waals surface area contributed by atoms with Gasteiger partial charge in [0.05, 0.1) is 35.3 Å². The van der Waals surface area contributed by atoms with Gasteiger partial charge in [0, 0.05) is 24.5 Å². The third kappa shape index (κ3) is 3.81. The molecule has 30 heavy (non-hydrogen) atoms. The summed E-state index contributed by atoms with van der Waals surface area (Å²) in [6, 6.07) is 11.6. The van der Waals surface area contributed by atoms with Crippen molar-refractivity contribution in [1.82, 2.24) is 24.9 Å². The molecule has 7 nitrogen and oxygen atoms in total. The molecule has 1 fully saturated rings. The van der Waals surface area contributed by atoms with Gasteiger partial charge in [-0.1, -0.05) is 12.1 Å². The molecule has 0 bridgehead atoms. The molecule has 1 aliphatic rings. The van der Waals surface area contributed by atoms with E-state index in [1.807, 2.05) is 36.1 Å². The van der Waals surface area contributed by atoms with Crippen molar-refractivity contribution in [2.75, 3.05) is 6.54 Å². The molecule has 3 aromatic rings. The van der Waals surface area contributed by atoms with E-state index in [0.717, 1.165) is 30.5 Å². The standard InChI is InChI=1S/C23H24N6O/c1-16-7-8-18(13-21-17(2)19(14-24)9-10-25-21)15-28(16)23(30)20-5-3-4-6-22(20)29-26-11-12-27-29/h3-6,9-12,16,18H,7-8,13,15H2,1-2H3/t16-,18+/m1/s1. The fourth-order valence-corrected chi connectivity index (χ4v) is 4.13. The van der Waals surface area contributed by atoms with E-state index in [1.54, 1.807) is 24.7 Å². The van der Waals surface area contributed by atoms with E-state index < -0.39 is 0 Å². The molecule has 2 aromatic heterocycles. The first-order chi connectivity index (χ1) is 14.6. The number of carbonyl (C=O) groups excluding carboxylic acids is 1. The summed E-state index contributed by atoms with van der Waals surface area (Å²) in [7, 11) is 0. The normalized spacial score (nSPS) is 18.8. The lowest BCUT2D eigenvalue weighted by Crippen LogP contribution is -2.46. The van der Waals surface area contributed by atoms with Crippen molar-refractivity contribution in [3.05, 3.63) is 71.3 Å². The molecule has 4 rings (SSSR count). The topological polar surface area (TPSA) is 87.7 Å². The summed E-state index contributed by atoms with van der Waals surface area (Å²) in [5.41, 5.74) is 3.83. The number of nitrogens with zero attached hydrogens (tertiary/aromatic N) is 6. The van der Waals surface area contributed by atoms with Crippen molar-refractivity contribution in [1.29, 1.82) is 5.26 Å². The average molecular weight is 400 g/mol. The second kappa shape index (κ2) is 8.46. The van der Waals surface area contributed by atoms with Gasteiger partial charge in [-0.3, -0.25) is 9.78 Å². The van der Waals surface area contributed by atoms with Crippen molar-refractivity contribution in [3.8, 4) is 11.8 Å². The summed E-state index contributed by atoms with van der Waals surface area (Å²) in [6.45, 7) is 4.71. The number of pyridine rings is 1. The molecule has 3 heterocycles. The third-order valence-corrected chi connectivity index (χ3v) is 5.92. The minimum Gasteiger partial charge on any atom is -0.336 e. The maximum Gasteiger partial charge on any atom is 0.256 e. The van der Waals surface area contributed by atoms with Gasteiger partial charge in [-0.05, 0) is 62.8 Å². The van der Waals surface area contributed by atoms with E-state index in [-0.39, 0.29) is 11.9 Å². The number of benzene rings is 1. The first kappa shape index (κ1) is 19.8. The van der Waals surface area contributed by atoms with Crippen LogP contribution < -0.4 is 0 Å². The molecule has 0 radical (unpaired) electrons. The summed E-state index contributed by atoms with van der Waals surface area (Å²) >= 11 is 0. The first-order valence-corrected chi connectivity index (χ1v) is 10.2. The van der Waals surface area contributed by atoms with E-state index in [2.05, 4.69) is 28.2 Å². The van der Waals surface area contributed by atoms with Crippen molar-refractivity contribution >= 4 is 5.91 Å². The highest BCUT2D eigenvalue weighted by Crippen LogP contribution is 2.28. The van der Waals surface area contributed by atoms with E-state index in [9.17, 15) is 10.1 Å². The number of piperidine rings is 1. The highest BCUT2D eigenvalue weighted by Gasteiger charge is 2.31. The van der Waals surface area contributed by atoms with Crippen molar-refractivity contribution in [2.24, 2.45) is 5.92 Å². The van der Waals surface area contributed by atoms with Crippen LogP contribution >= 0.6 is 0 Å². The largest absolute Gasteiger partial charge is 0.336 e. The molecule has 1 aliphatic heterocycles. The van der Waals surface area contributed by atoms with Crippen LogP contribution in [0.2, 0.25) is 0 Å². The third-order valence-electron chi connectivity index (χ3n) is 5.92. The molecular weight excluding hydrogens is 376 g/mol. The lowest BCUT2D eigenvalue weighted by molar-refractivity contribution is 0.0558. The minimum atomic E-state index is -0.00411. The minimum absolute atomic E-state index is 0.00411. The number of hydrogen-bond acceptors (Lipinski definition) is 5. The van der Waals surface area contributed by atoms with Crippen LogP contribution in [0.15, 0.2) is 48.9 Å². The van der Waals surface area contributed by atoms with Crippen molar-refractivity contribution < 1.29 is 4.79 Å². The maximum absolute atomic E-state index is 13.5. The number of rotatable bonds is 4. The fourth-order valence-electron chi connectivity index (χ4n) is 4.13. The Hall–Kier alpha value is -3.53. The van der Waals surface area contributed by atoms with Crippen molar-refractivity contribution in [3.63, 3.8) is 0 Å². The molecule has 0 spiro atoms. The van der Waals surface area contributed by atoms with Gasteiger partial charge < -0.3 is 4.90 Å². The number of likely N-dealkylation sites (tertiary alicyclic amines) is 1. The molecule has 1 aromatic carbocycles. The Morgan fingerprint density at radius 1 is 1.17 bits per heavy atom. The summed E-state index contributed by atoms with van der Waals surface area (Å²) in [5, 5.41) is 17.7. The van der Waals surface area contributed by atoms with Gasteiger partial charge in [0.2, 0.25) is 0 Å². The molecule has 0 aliphatic carbocycles. The molecule has 0 saturated carbocycles. The summed E-state index contributed by atoms with van der Waals surface area (Å²) in [4.78, 5) is 21.4. The number of nitriles is 1. The van der Waals surface area contributed by atoms with E-state index in [1.165, 1.54) is 4.80 Å². The zero-order valence-electron chi connectivity index (χ0n) is 17.2. The fraction of sp³-hybridized carbons (Fsp3) is 0.348. The number of para-hydroxylation sites is 1. The van der Waals surface area contributed by atoms with Gasteiger partial charge in [-0.15, -0.1) is 0 Å². The predicted molar refractivity (Wildman–Crippen MR) is 112 cm³/mol. The highest BCUT2D eigenvalue weighted by molar-refractivity contribution is 5.98. The summed E-state index contributed by atoms with van der Waals surface area (Å²) < 4.78 is 0. The monoisotopic (exact) mass is 400 g/mol. The molecule has 1 amide bonds. The molecule has 0 unspecified atom stereocenters. The van der Waals surface area contributed by atoms with Gasteiger partial charge >= 0.3 is 0 Å². The Balaban J connectivity index is 1.57. The second-order valence-electron chi connectivity index (χ2n) is 7.83. The molecule has 152 valence electrons. The number of aromatic nitrogens is 4. The van der Waals surface area contributed by atoms with Gasteiger partial charge in [0.15, 0.2) is 0 Å². The Morgan fingerprint density at radius 2 is 1.93 bits per heavy atom. The Morgan fingerprint density at radius 3 is 2.70 bits per heavy atom. The lowest BCUT2D eigenvalue weighted by Gasteiger charge is -2.38. The lowest BCUT2D eigenvalue weighted by atomic mass is 9.88. The van der Waals surface area contributed by atoms with Crippen LogP contribution in [-0.2, 0) is 6.42 Å². The van der Waals surface area contributed by atoms with Crippen LogP contribution in [0.4, 0.5) is 0 Å². The van der Waals surface area contributed by atoms with Crippen LogP contribution in [-0.4, -0.2) is 43.4 Å². The maximum atomic E-state index is 13.5. The van der Waals surface area contributed by atoms with Crippen LogP contribution in [0, 0.1) is 24.2 Å². The zero-order valence-corrected chi connectivity index (χ0v) is 17.2. The average Bonchev–Trinajstić information content (AvgIpc) is 3.31. The number of carbonyl (C=O) groups is 1. The summed E-state index contributed by atoms with van der Waals surface area (Å²) in [5.74, 6) is 0.302. The van der Waals surface area contributed by atoms with Gasteiger partial charge in [0.25, 0.3) is 5.91 Å². The van der Waals surface area contributed by atoms with E-state index in [0.29, 0.717) is 29.3 Å². The van der Waals surface area contributed by atoms with Crippen molar-refractivity contribution in [2.45, 2.75) is 39.2 Å². The SMILES string of the molecule is Cc1c(C#N)ccnc1C[C@@H]1CC[C@@H](C)N(C(=O)c2ccccc2-n2nccn2)C1. The molecule has 0 N–H and O–H groups in total. The predicted octanol–water partition coefficient (Wildman–Crippen LogP) is 3.33. The van der Waals surface area contributed by atoms with E-state index in [4.69, 9.17) is 0 Å². The van der Waals surface area contributed by atoms with Crippen LogP contribution in [0.25, 0.3) is 5.69 Å². The number of amides is 1. The highest BCUT2D eigenvalue weighted by atomic mass is 16.2. The zero-order chi connectivity index (χ0) is 21.1. The van der Waals surface area contributed by atoms with Gasteiger partial charge in [-0.2, -0.15) is 20.3 Å². The molecule has 2 atom stereocenters. The number of hydrogen-bond donors (Lipinski definition) is 0. The van der Waals surface area contributed by atoms with Gasteiger partial charge in [-0.25, -0.2) is 0 Å². The Bertz CT molecular complexity index is 1090. The van der Waals surface area contributed by atoms with Gasteiger partial charge in [0.1, 0.15) is 0 Å². The van der Waals surface area contributed by atoms with Crippen LogP contribution in [0.1, 0.15) is 46.9 Å². The van der Waals surface area contributed by atoms with Crippen LogP contribution in [0.3, 0.4) is 0 Å².